The molecule has 2 rings (SSSR count). The molecule has 1 unspecified atom stereocenters. The van der Waals surface area contributed by atoms with Crippen LogP contribution in [0, 0.1) is 10.1 Å². The second kappa shape index (κ2) is 6.64. The van der Waals surface area contributed by atoms with Crippen molar-refractivity contribution in [3.05, 3.63) is 21.6 Å². The summed E-state index contributed by atoms with van der Waals surface area (Å²) >= 11 is 5.64. The van der Waals surface area contributed by atoms with E-state index in [1.807, 2.05) is 0 Å². The minimum Gasteiger partial charge on any atom is -0.378 e. The molecule has 1 aliphatic heterocycles. The summed E-state index contributed by atoms with van der Waals surface area (Å²) in [5.74, 6) is -0.253. The van der Waals surface area contributed by atoms with Crippen molar-refractivity contribution in [1.29, 1.82) is 0 Å². The van der Waals surface area contributed by atoms with Gasteiger partial charge < -0.3 is 15.0 Å². The van der Waals surface area contributed by atoms with Gasteiger partial charge in [-0.3, -0.25) is 14.9 Å². The minimum atomic E-state index is -0.673. The van der Waals surface area contributed by atoms with Crippen LogP contribution in [-0.4, -0.2) is 58.0 Å². The number of nitrogens with zero attached hydrogens (tertiary/aromatic N) is 4. The first kappa shape index (κ1) is 15.4. The molecule has 9 nitrogen and oxygen atoms in total. The Labute approximate surface area is 125 Å². The Morgan fingerprint density at radius 1 is 1.57 bits per heavy atom. The largest absolute Gasteiger partial charge is 0.378 e. The molecule has 1 aromatic heterocycles. The predicted octanol–water partition coefficient (Wildman–Crippen LogP) is 0.697. The van der Waals surface area contributed by atoms with Gasteiger partial charge in [-0.15, -0.1) is 0 Å². The Kier molecular flexibility index (Phi) is 4.86. The lowest BCUT2D eigenvalue weighted by molar-refractivity contribution is -0.384. The first-order chi connectivity index (χ1) is 9.99. The van der Waals surface area contributed by atoms with E-state index in [0.29, 0.717) is 26.3 Å². The lowest BCUT2D eigenvalue weighted by Crippen LogP contribution is -2.47. The topological polar surface area (TPSA) is 110 Å². The molecule has 0 spiro atoms. The van der Waals surface area contributed by atoms with E-state index in [9.17, 15) is 14.9 Å². The van der Waals surface area contributed by atoms with E-state index >= 15 is 0 Å². The third-order valence-electron chi connectivity index (χ3n) is 2.98. The highest BCUT2D eigenvalue weighted by Crippen LogP contribution is 2.23. The summed E-state index contributed by atoms with van der Waals surface area (Å²) in [4.78, 5) is 31.5. The van der Waals surface area contributed by atoms with Gasteiger partial charge in [-0.1, -0.05) is 0 Å². The van der Waals surface area contributed by atoms with Gasteiger partial charge in [0.1, 0.15) is 12.2 Å². The van der Waals surface area contributed by atoms with Crippen molar-refractivity contribution in [2.24, 2.45) is 0 Å². The number of nitro groups is 1. The fraction of sp³-hybridized carbons (Fsp3) is 0.545. The van der Waals surface area contributed by atoms with Crippen molar-refractivity contribution in [3.8, 4) is 0 Å². The number of carbonyl (C=O) groups is 1. The molecule has 1 aliphatic rings. The van der Waals surface area contributed by atoms with Gasteiger partial charge in [0.2, 0.25) is 17.0 Å². The number of nitrogens with one attached hydrogen (secondary N) is 1. The summed E-state index contributed by atoms with van der Waals surface area (Å²) in [5, 5.41) is 13.5. The molecule has 2 heterocycles. The second-order valence-corrected chi connectivity index (χ2v) is 4.77. The Morgan fingerprint density at radius 3 is 2.86 bits per heavy atom. The van der Waals surface area contributed by atoms with E-state index in [-0.39, 0.29) is 22.7 Å². The normalized spacial score (nSPS) is 16.4. The van der Waals surface area contributed by atoms with Gasteiger partial charge in [0.25, 0.3) is 0 Å². The SMILES string of the molecule is CC(Nc1nc(Cl)ncc1[N+](=O)[O-])C(=O)N1CCOCC1. The first-order valence-electron chi connectivity index (χ1n) is 6.29. The monoisotopic (exact) mass is 315 g/mol. The van der Waals surface area contributed by atoms with Crippen LogP contribution in [0.4, 0.5) is 11.5 Å². The van der Waals surface area contributed by atoms with Crippen LogP contribution >= 0.6 is 11.6 Å². The third kappa shape index (κ3) is 3.76. The molecule has 1 aromatic rings. The maximum absolute atomic E-state index is 12.2. The maximum Gasteiger partial charge on any atom is 0.329 e. The van der Waals surface area contributed by atoms with Crippen LogP contribution in [-0.2, 0) is 9.53 Å². The fourth-order valence-corrected chi connectivity index (χ4v) is 2.05. The molecule has 0 bridgehead atoms. The molecular formula is C11H14ClN5O4. The summed E-state index contributed by atoms with van der Waals surface area (Å²) in [6, 6.07) is -0.673. The number of ether oxygens (including phenoxy) is 1. The fourth-order valence-electron chi connectivity index (χ4n) is 1.92. The van der Waals surface area contributed by atoms with E-state index in [0.717, 1.165) is 6.20 Å². The summed E-state index contributed by atoms with van der Waals surface area (Å²) in [6.07, 6.45) is 1.00. The quantitative estimate of drug-likeness (QED) is 0.494. The highest BCUT2D eigenvalue weighted by atomic mass is 35.5. The molecule has 1 saturated heterocycles. The predicted molar refractivity (Wildman–Crippen MR) is 74.2 cm³/mol. The van der Waals surface area contributed by atoms with Crippen molar-refractivity contribution < 1.29 is 14.5 Å². The van der Waals surface area contributed by atoms with Gasteiger partial charge in [-0.2, -0.15) is 4.98 Å². The van der Waals surface area contributed by atoms with E-state index in [1.54, 1.807) is 11.8 Å². The van der Waals surface area contributed by atoms with Crippen LogP contribution in [0.2, 0.25) is 5.28 Å². The van der Waals surface area contributed by atoms with E-state index in [2.05, 4.69) is 15.3 Å². The Balaban J connectivity index is 2.11. The molecule has 0 aromatic carbocycles. The average Bonchev–Trinajstić information content (AvgIpc) is 2.47. The van der Waals surface area contributed by atoms with Crippen molar-refractivity contribution in [3.63, 3.8) is 0 Å². The van der Waals surface area contributed by atoms with Gasteiger partial charge in [-0.05, 0) is 18.5 Å². The molecule has 0 saturated carbocycles. The number of hydrogen-bond acceptors (Lipinski definition) is 7. The third-order valence-corrected chi connectivity index (χ3v) is 3.17. The highest BCUT2D eigenvalue weighted by molar-refractivity contribution is 6.28. The van der Waals surface area contributed by atoms with Gasteiger partial charge in [0.05, 0.1) is 18.1 Å². The van der Waals surface area contributed by atoms with Gasteiger partial charge in [0, 0.05) is 13.1 Å². The number of anilines is 1. The number of aromatic nitrogens is 2. The van der Waals surface area contributed by atoms with Crippen LogP contribution in [0.5, 0.6) is 0 Å². The van der Waals surface area contributed by atoms with Crippen LogP contribution in [0.1, 0.15) is 6.92 Å². The summed E-state index contributed by atoms with van der Waals surface area (Å²) in [6.45, 7) is 3.57. The highest BCUT2D eigenvalue weighted by Gasteiger charge is 2.25. The van der Waals surface area contributed by atoms with Crippen molar-refractivity contribution >= 4 is 29.0 Å². The smallest absolute Gasteiger partial charge is 0.329 e. The Morgan fingerprint density at radius 2 is 2.24 bits per heavy atom. The van der Waals surface area contributed by atoms with Crippen LogP contribution < -0.4 is 5.32 Å². The average molecular weight is 316 g/mol. The standard InChI is InChI=1S/C11H14ClN5O4/c1-7(10(18)16-2-4-21-5-3-16)14-9-8(17(19)20)6-13-11(12)15-9/h6-7H,2-5H2,1H3,(H,13,14,15). The molecular weight excluding hydrogens is 302 g/mol. The number of carbonyl (C=O) groups excluding carboxylic acids is 1. The molecule has 114 valence electrons. The van der Waals surface area contributed by atoms with Gasteiger partial charge in [-0.25, -0.2) is 4.98 Å². The molecule has 1 amide bonds. The van der Waals surface area contributed by atoms with Gasteiger partial charge in [0.15, 0.2) is 0 Å². The zero-order valence-electron chi connectivity index (χ0n) is 11.3. The number of rotatable bonds is 4. The zero-order valence-corrected chi connectivity index (χ0v) is 12.0. The van der Waals surface area contributed by atoms with E-state index in [4.69, 9.17) is 16.3 Å². The van der Waals surface area contributed by atoms with E-state index < -0.39 is 11.0 Å². The van der Waals surface area contributed by atoms with Crippen LogP contribution in [0.25, 0.3) is 0 Å². The number of hydrogen-bond donors (Lipinski definition) is 1. The molecule has 1 N–H and O–H groups in total. The molecule has 21 heavy (non-hydrogen) atoms. The Hall–Kier alpha value is -2.00. The summed E-state index contributed by atoms with van der Waals surface area (Å²) in [5.41, 5.74) is -0.332. The van der Waals surface area contributed by atoms with Crippen molar-refractivity contribution in [2.75, 3.05) is 31.6 Å². The van der Waals surface area contributed by atoms with Crippen molar-refractivity contribution in [2.45, 2.75) is 13.0 Å². The first-order valence-corrected chi connectivity index (χ1v) is 6.67. The van der Waals surface area contributed by atoms with Crippen LogP contribution in [0.3, 0.4) is 0 Å². The lowest BCUT2D eigenvalue weighted by atomic mass is 10.2. The molecule has 1 atom stereocenters. The molecule has 10 heteroatoms. The molecule has 0 radical (unpaired) electrons. The number of morpholine rings is 1. The molecule has 1 fully saturated rings. The van der Waals surface area contributed by atoms with Crippen molar-refractivity contribution in [1.82, 2.24) is 14.9 Å². The minimum absolute atomic E-state index is 0.0749. The zero-order chi connectivity index (χ0) is 15.4. The van der Waals surface area contributed by atoms with Crippen LogP contribution in [0.15, 0.2) is 6.20 Å². The summed E-state index contributed by atoms with van der Waals surface area (Å²) in [7, 11) is 0. The maximum atomic E-state index is 12.2. The lowest BCUT2D eigenvalue weighted by Gasteiger charge is -2.29. The number of halogens is 1. The summed E-state index contributed by atoms with van der Waals surface area (Å²) < 4.78 is 5.17. The second-order valence-electron chi connectivity index (χ2n) is 4.43. The number of amides is 1. The molecule has 0 aliphatic carbocycles. The van der Waals surface area contributed by atoms with E-state index in [1.165, 1.54) is 0 Å². The Bertz CT molecular complexity index is 549. The van der Waals surface area contributed by atoms with Gasteiger partial charge >= 0.3 is 5.69 Å².